The van der Waals surface area contributed by atoms with E-state index in [1.807, 2.05) is 32.7 Å². The monoisotopic (exact) mass is 655 g/mol. The lowest BCUT2D eigenvalue weighted by atomic mass is 10.1. The Morgan fingerprint density at radius 3 is 2.27 bits per heavy atom. The van der Waals surface area contributed by atoms with Crippen molar-refractivity contribution in [3.8, 4) is 5.75 Å². The third-order valence-corrected chi connectivity index (χ3v) is 8.28. The maximum absolute atomic E-state index is 14.1. The summed E-state index contributed by atoms with van der Waals surface area (Å²) < 4.78 is 42.5. The highest BCUT2D eigenvalue weighted by atomic mass is 31.2. The molecule has 4 N–H and O–H groups in total. The number of para-hydroxylation sites is 1. The number of aromatic nitrogens is 2. The van der Waals surface area contributed by atoms with Crippen molar-refractivity contribution in [1.82, 2.24) is 14.6 Å². The van der Waals surface area contributed by atoms with Crippen LogP contribution in [0.2, 0.25) is 0 Å². The Bertz CT molecular complexity index is 1410. The molecular weight excluding hydrogens is 613 g/mol. The molecule has 1 unspecified atom stereocenters. The van der Waals surface area contributed by atoms with E-state index in [1.54, 1.807) is 18.2 Å². The van der Waals surface area contributed by atoms with Gasteiger partial charge in [0, 0.05) is 12.3 Å². The zero-order valence-corrected chi connectivity index (χ0v) is 26.6. The van der Waals surface area contributed by atoms with Crippen molar-refractivity contribution in [2.45, 2.75) is 77.5 Å². The molecule has 0 spiro atoms. The second-order valence-electron chi connectivity index (χ2n) is 11.4. The number of aromatic amines is 1. The first-order chi connectivity index (χ1) is 21.3. The van der Waals surface area contributed by atoms with Crippen LogP contribution in [0.3, 0.4) is 0 Å². The van der Waals surface area contributed by atoms with E-state index in [0.717, 1.165) is 16.8 Å². The van der Waals surface area contributed by atoms with Crippen molar-refractivity contribution in [2.75, 3.05) is 19.8 Å². The van der Waals surface area contributed by atoms with Gasteiger partial charge in [-0.2, -0.15) is 5.09 Å². The molecule has 2 aromatic rings. The standard InChI is InChI=1S/C29H42N3O12P/c1-18(2)11-14-40-24(34)16-21(28(37)41-15-12-19(3)4)31-45(39,44-20-8-6-5-7-9-20)42-17-22-25(35)26(36)27(43-22)32-13-10-23(33)30-29(32)38/h5-10,13,18-19,21-22,25-27,35-36H,11-12,14-17H2,1-4H3,(H,31,39)(H,30,33,38)/t21-,22+,25+,26+,27+,45?/m0/s1. The first-order valence-corrected chi connectivity index (χ1v) is 16.2. The second kappa shape index (κ2) is 16.8. The summed E-state index contributed by atoms with van der Waals surface area (Å²) in [5.74, 6) is -1.04. The van der Waals surface area contributed by atoms with Crippen molar-refractivity contribution in [2.24, 2.45) is 11.8 Å². The van der Waals surface area contributed by atoms with Gasteiger partial charge < -0.3 is 28.9 Å². The van der Waals surface area contributed by atoms with Gasteiger partial charge in [-0.1, -0.05) is 45.9 Å². The molecule has 6 atom stereocenters. The molecule has 2 heterocycles. The average molecular weight is 656 g/mol. The molecule has 1 aromatic heterocycles. The van der Waals surface area contributed by atoms with Gasteiger partial charge in [-0.05, 0) is 36.8 Å². The van der Waals surface area contributed by atoms with Crippen molar-refractivity contribution in [1.29, 1.82) is 0 Å². The molecule has 0 aliphatic carbocycles. The van der Waals surface area contributed by atoms with Crippen LogP contribution < -0.4 is 20.9 Å². The van der Waals surface area contributed by atoms with Crippen LogP contribution in [0.1, 0.15) is 53.2 Å². The third-order valence-electron chi connectivity index (χ3n) is 6.71. The molecule has 1 aliphatic heterocycles. The maximum Gasteiger partial charge on any atom is 0.459 e. The van der Waals surface area contributed by atoms with Crippen molar-refractivity contribution < 1.29 is 47.6 Å². The number of ether oxygens (including phenoxy) is 3. The molecule has 1 aliphatic rings. The Balaban J connectivity index is 1.81. The number of rotatable bonds is 17. The van der Waals surface area contributed by atoms with Crippen LogP contribution in [0.25, 0.3) is 0 Å². The summed E-state index contributed by atoms with van der Waals surface area (Å²) in [6.45, 7) is 7.33. The number of benzene rings is 1. The van der Waals surface area contributed by atoms with Gasteiger partial charge in [0.1, 0.15) is 30.1 Å². The topological polar surface area (TPSA) is 205 Å². The van der Waals surface area contributed by atoms with E-state index in [2.05, 4.69) is 5.09 Å². The van der Waals surface area contributed by atoms with E-state index in [-0.39, 0.29) is 30.8 Å². The number of esters is 2. The minimum atomic E-state index is -4.55. The summed E-state index contributed by atoms with van der Waals surface area (Å²) in [5.41, 5.74) is -1.56. The fourth-order valence-corrected chi connectivity index (χ4v) is 5.61. The highest BCUT2D eigenvalue weighted by molar-refractivity contribution is 7.52. The lowest BCUT2D eigenvalue weighted by Gasteiger charge is -2.26. The largest absolute Gasteiger partial charge is 0.466 e. The molecule has 3 rings (SSSR count). The smallest absolute Gasteiger partial charge is 0.459 e. The van der Waals surface area contributed by atoms with Gasteiger partial charge in [0.15, 0.2) is 6.23 Å². The molecule has 15 nitrogen and oxygen atoms in total. The average Bonchev–Trinajstić information content (AvgIpc) is 3.24. The number of hydrogen-bond donors (Lipinski definition) is 4. The van der Waals surface area contributed by atoms with Gasteiger partial charge in [0.25, 0.3) is 5.56 Å². The Morgan fingerprint density at radius 1 is 1.00 bits per heavy atom. The zero-order valence-electron chi connectivity index (χ0n) is 25.7. The van der Waals surface area contributed by atoms with Crippen LogP contribution in [0.5, 0.6) is 5.75 Å². The summed E-state index contributed by atoms with van der Waals surface area (Å²) in [6.07, 6.45) is -4.32. The van der Waals surface area contributed by atoms with Crippen LogP contribution in [0.15, 0.2) is 52.2 Å². The fraction of sp³-hybridized carbons (Fsp3) is 0.586. The molecule has 0 radical (unpaired) electrons. The minimum absolute atomic E-state index is 0.0489. The van der Waals surface area contributed by atoms with Crippen LogP contribution in [-0.2, 0) is 32.9 Å². The normalized spacial score (nSPS) is 21.8. The number of carbonyl (C=O) groups excluding carboxylic acids is 2. The fourth-order valence-electron chi connectivity index (χ4n) is 4.11. The quantitative estimate of drug-likeness (QED) is 0.142. The molecule has 0 saturated carbocycles. The molecule has 0 amide bonds. The number of aliphatic hydroxyl groups excluding tert-OH is 2. The molecule has 0 bridgehead atoms. The number of nitrogens with one attached hydrogen (secondary N) is 2. The van der Waals surface area contributed by atoms with E-state index < -0.39 is 74.5 Å². The van der Waals surface area contributed by atoms with E-state index in [4.69, 9.17) is 23.3 Å². The summed E-state index contributed by atoms with van der Waals surface area (Å²) in [6, 6.07) is 7.40. The maximum atomic E-state index is 14.1. The Kier molecular flexibility index (Phi) is 13.5. The number of aliphatic hydroxyl groups is 2. The first-order valence-electron chi connectivity index (χ1n) is 14.7. The van der Waals surface area contributed by atoms with E-state index in [0.29, 0.717) is 12.8 Å². The molecule has 16 heteroatoms. The first kappa shape index (κ1) is 36.1. The van der Waals surface area contributed by atoms with Crippen LogP contribution in [-0.4, -0.2) is 75.9 Å². The summed E-state index contributed by atoms with van der Waals surface area (Å²) in [4.78, 5) is 51.5. The van der Waals surface area contributed by atoms with Gasteiger partial charge in [-0.3, -0.25) is 28.5 Å². The van der Waals surface area contributed by atoms with Gasteiger partial charge in [0.2, 0.25) is 0 Å². The van der Waals surface area contributed by atoms with Crippen LogP contribution >= 0.6 is 7.75 Å². The van der Waals surface area contributed by atoms with E-state index in [1.165, 1.54) is 12.1 Å². The number of carbonyl (C=O) groups is 2. The molecule has 1 fully saturated rings. The number of H-pyrrole nitrogens is 1. The van der Waals surface area contributed by atoms with Crippen LogP contribution in [0.4, 0.5) is 0 Å². The predicted octanol–water partition coefficient (Wildman–Crippen LogP) is 1.89. The summed E-state index contributed by atoms with van der Waals surface area (Å²) in [7, 11) is -4.55. The summed E-state index contributed by atoms with van der Waals surface area (Å²) in [5, 5.41) is 23.7. The Hall–Kier alpha value is -3.33. The van der Waals surface area contributed by atoms with Crippen molar-refractivity contribution in [3.05, 3.63) is 63.4 Å². The molecule has 45 heavy (non-hydrogen) atoms. The molecule has 1 aromatic carbocycles. The third kappa shape index (κ3) is 11.2. The number of nitrogens with zero attached hydrogens (tertiary/aromatic N) is 1. The summed E-state index contributed by atoms with van der Waals surface area (Å²) >= 11 is 0. The zero-order chi connectivity index (χ0) is 33.1. The lowest BCUT2D eigenvalue weighted by molar-refractivity contribution is -0.152. The SMILES string of the molecule is CC(C)CCOC(=O)C[C@H](NP(=O)(OC[C@H]1O[C@@H](n2ccc(=O)[nH]c2=O)[C@H](O)[C@@H]1O)Oc1ccccc1)C(=O)OCCC(C)C. The molecular formula is C29H42N3O12P. The Morgan fingerprint density at radius 2 is 1.64 bits per heavy atom. The van der Waals surface area contributed by atoms with E-state index in [9.17, 15) is 34.0 Å². The highest BCUT2D eigenvalue weighted by Crippen LogP contribution is 2.46. The molecule has 1 saturated heterocycles. The van der Waals surface area contributed by atoms with Gasteiger partial charge in [-0.15, -0.1) is 0 Å². The van der Waals surface area contributed by atoms with Gasteiger partial charge >= 0.3 is 25.4 Å². The van der Waals surface area contributed by atoms with Crippen molar-refractivity contribution >= 4 is 19.7 Å². The minimum Gasteiger partial charge on any atom is -0.466 e. The second-order valence-corrected chi connectivity index (χ2v) is 13.1. The molecule has 250 valence electrons. The highest BCUT2D eigenvalue weighted by Gasteiger charge is 2.46. The lowest BCUT2D eigenvalue weighted by Crippen LogP contribution is -2.41. The Labute approximate surface area is 260 Å². The van der Waals surface area contributed by atoms with E-state index >= 15 is 0 Å². The van der Waals surface area contributed by atoms with Gasteiger partial charge in [-0.25, -0.2) is 9.36 Å². The predicted molar refractivity (Wildman–Crippen MR) is 160 cm³/mol. The van der Waals surface area contributed by atoms with Gasteiger partial charge in [0.05, 0.1) is 26.2 Å². The van der Waals surface area contributed by atoms with Crippen molar-refractivity contribution in [3.63, 3.8) is 0 Å². The number of hydrogen-bond acceptors (Lipinski definition) is 12. The van der Waals surface area contributed by atoms with Crippen LogP contribution in [0, 0.1) is 11.8 Å².